The molecular formula is C20H21N2O3S-. The van der Waals surface area contributed by atoms with Crippen molar-refractivity contribution in [2.45, 2.75) is 37.8 Å². The number of carbonyl (C=O) groups excluding carboxylic acids is 1. The van der Waals surface area contributed by atoms with Gasteiger partial charge in [-0.05, 0) is 61.6 Å². The first-order valence-electron chi connectivity index (χ1n) is 8.35. The summed E-state index contributed by atoms with van der Waals surface area (Å²) in [5.41, 5.74) is 1.70. The molecule has 0 bridgehead atoms. The number of hydrogen-bond donors (Lipinski definition) is 1. The molecule has 0 amide bonds. The maximum atomic E-state index is 11.7. The van der Waals surface area contributed by atoms with Gasteiger partial charge in [0.25, 0.3) is 0 Å². The van der Waals surface area contributed by atoms with Crippen molar-refractivity contribution in [2.75, 3.05) is 11.1 Å². The minimum Gasteiger partial charge on any atom is -0.548 e. The van der Waals surface area contributed by atoms with Gasteiger partial charge in [-0.25, -0.2) is 0 Å². The lowest BCUT2D eigenvalue weighted by Crippen LogP contribution is -2.34. The van der Waals surface area contributed by atoms with Gasteiger partial charge in [0, 0.05) is 10.6 Å². The topological polar surface area (TPSA) is 85.2 Å². The summed E-state index contributed by atoms with van der Waals surface area (Å²) >= 11 is 1.60. The minimum absolute atomic E-state index is 0.0331. The van der Waals surface area contributed by atoms with E-state index in [2.05, 4.69) is 5.32 Å². The van der Waals surface area contributed by atoms with E-state index in [1.54, 1.807) is 48.2 Å². The number of anilines is 1. The first kappa shape index (κ1) is 19.7. The summed E-state index contributed by atoms with van der Waals surface area (Å²) in [7, 11) is 0. The number of carbonyl (C=O) groups is 1. The molecule has 0 heterocycles. The van der Waals surface area contributed by atoms with Crippen LogP contribution >= 0.6 is 11.8 Å². The zero-order chi connectivity index (χ0) is 19.1. The Morgan fingerprint density at radius 1 is 1.27 bits per heavy atom. The average Bonchev–Trinajstić information content (AvgIpc) is 2.61. The van der Waals surface area contributed by atoms with Crippen LogP contribution < -0.4 is 15.2 Å². The number of thioether (sulfide) groups is 1. The van der Waals surface area contributed by atoms with Crippen LogP contribution in [0.3, 0.4) is 0 Å². The number of nitriles is 1. The van der Waals surface area contributed by atoms with Crippen molar-refractivity contribution in [3.8, 4) is 11.8 Å². The molecule has 6 heteroatoms. The molecule has 2 aromatic rings. The Labute approximate surface area is 158 Å². The minimum atomic E-state index is -1.22. The van der Waals surface area contributed by atoms with Gasteiger partial charge in [-0.2, -0.15) is 5.26 Å². The average molecular weight is 369 g/mol. The fourth-order valence-corrected chi connectivity index (χ4v) is 3.20. The van der Waals surface area contributed by atoms with Crippen molar-refractivity contribution in [3.05, 3.63) is 53.6 Å². The van der Waals surface area contributed by atoms with E-state index in [4.69, 9.17) is 10.00 Å². The molecule has 5 nitrogen and oxygen atoms in total. The number of ether oxygens (including phenoxy) is 1. The van der Waals surface area contributed by atoms with Gasteiger partial charge < -0.3 is 20.0 Å². The van der Waals surface area contributed by atoms with Crippen LogP contribution in [0.5, 0.6) is 5.75 Å². The van der Waals surface area contributed by atoms with E-state index in [0.29, 0.717) is 16.8 Å². The van der Waals surface area contributed by atoms with E-state index in [0.717, 1.165) is 16.4 Å². The first-order valence-corrected chi connectivity index (χ1v) is 9.34. The second kappa shape index (κ2) is 9.16. The third-order valence-electron chi connectivity index (χ3n) is 3.52. The van der Waals surface area contributed by atoms with E-state index in [1.165, 1.54) is 0 Å². The lowest BCUT2D eigenvalue weighted by atomic mass is 10.1. The summed E-state index contributed by atoms with van der Waals surface area (Å²) in [6.45, 7) is 5.93. The van der Waals surface area contributed by atoms with Crippen molar-refractivity contribution < 1.29 is 14.6 Å². The summed E-state index contributed by atoms with van der Waals surface area (Å²) in [6, 6.07) is 13.0. The molecular weight excluding hydrogens is 348 g/mol. The van der Waals surface area contributed by atoms with Gasteiger partial charge in [0.2, 0.25) is 0 Å². The van der Waals surface area contributed by atoms with E-state index in [-0.39, 0.29) is 6.10 Å². The van der Waals surface area contributed by atoms with Crippen LogP contribution in [-0.4, -0.2) is 17.8 Å². The quantitative estimate of drug-likeness (QED) is 0.718. The van der Waals surface area contributed by atoms with E-state index < -0.39 is 12.0 Å². The fourth-order valence-electron chi connectivity index (χ4n) is 2.41. The molecule has 0 saturated heterocycles. The first-order chi connectivity index (χ1) is 12.4. The Bertz CT molecular complexity index is 798. The smallest absolute Gasteiger partial charge is 0.133 e. The monoisotopic (exact) mass is 369 g/mol. The number of nitrogens with zero attached hydrogens (tertiary/aromatic N) is 1. The molecule has 2 rings (SSSR count). The van der Waals surface area contributed by atoms with Crippen LogP contribution in [0, 0.1) is 11.3 Å². The number of carboxylic acids is 1. The third-order valence-corrected chi connectivity index (χ3v) is 4.44. The van der Waals surface area contributed by atoms with Crippen LogP contribution in [0.2, 0.25) is 0 Å². The lowest BCUT2D eigenvalue weighted by Gasteiger charge is -2.23. The molecule has 1 atom stereocenters. The highest BCUT2D eigenvalue weighted by Crippen LogP contribution is 2.33. The third kappa shape index (κ3) is 5.17. The van der Waals surface area contributed by atoms with Crippen molar-refractivity contribution >= 4 is 23.4 Å². The molecule has 0 fully saturated rings. The van der Waals surface area contributed by atoms with Gasteiger partial charge in [-0.15, -0.1) is 11.8 Å². The molecule has 0 aromatic heterocycles. The van der Waals surface area contributed by atoms with Gasteiger partial charge in [0.1, 0.15) is 5.75 Å². The Morgan fingerprint density at radius 2 is 1.96 bits per heavy atom. The Hall–Kier alpha value is -2.65. The molecule has 0 aliphatic carbocycles. The molecule has 0 spiro atoms. The second-order valence-electron chi connectivity index (χ2n) is 5.89. The molecule has 1 unspecified atom stereocenters. The molecule has 0 radical (unpaired) electrons. The SMILES string of the molecule is CCSc1cc(C(Nc2ccc(C#N)cc2)C(=O)[O-])ccc1OC(C)C. The highest BCUT2D eigenvalue weighted by Gasteiger charge is 2.16. The Morgan fingerprint density at radius 3 is 2.50 bits per heavy atom. The van der Waals surface area contributed by atoms with Crippen LogP contribution in [0.1, 0.15) is 37.9 Å². The fraction of sp³-hybridized carbons (Fsp3) is 0.300. The summed E-state index contributed by atoms with van der Waals surface area (Å²) in [4.78, 5) is 12.6. The van der Waals surface area contributed by atoms with Crippen LogP contribution in [0.25, 0.3) is 0 Å². The van der Waals surface area contributed by atoms with Crippen molar-refractivity contribution in [1.82, 2.24) is 0 Å². The van der Waals surface area contributed by atoms with Gasteiger partial charge in [0.05, 0.1) is 29.7 Å². The number of carboxylic acid groups (broad SMARTS) is 1. The van der Waals surface area contributed by atoms with E-state index in [1.807, 2.05) is 32.9 Å². The van der Waals surface area contributed by atoms with Gasteiger partial charge in [-0.3, -0.25) is 0 Å². The largest absolute Gasteiger partial charge is 0.548 e. The van der Waals surface area contributed by atoms with Crippen molar-refractivity contribution in [2.24, 2.45) is 0 Å². The summed E-state index contributed by atoms with van der Waals surface area (Å²) in [6.07, 6.45) is 0.0331. The highest BCUT2D eigenvalue weighted by atomic mass is 32.2. The van der Waals surface area contributed by atoms with E-state index >= 15 is 0 Å². The van der Waals surface area contributed by atoms with Crippen molar-refractivity contribution in [1.29, 1.82) is 5.26 Å². The molecule has 0 saturated carbocycles. The summed E-state index contributed by atoms with van der Waals surface area (Å²) < 4.78 is 5.80. The molecule has 26 heavy (non-hydrogen) atoms. The molecule has 136 valence electrons. The van der Waals surface area contributed by atoms with Crippen LogP contribution in [0.15, 0.2) is 47.4 Å². The number of benzene rings is 2. The van der Waals surface area contributed by atoms with Gasteiger partial charge in [0.15, 0.2) is 0 Å². The zero-order valence-corrected chi connectivity index (χ0v) is 15.8. The maximum Gasteiger partial charge on any atom is 0.133 e. The van der Waals surface area contributed by atoms with Gasteiger partial charge in [-0.1, -0.05) is 13.0 Å². The number of aliphatic carboxylic acids is 1. The number of hydrogen-bond acceptors (Lipinski definition) is 6. The van der Waals surface area contributed by atoms with E-state index in [9.17, 15) is 9.90 Å². The predicted octanol–water partition coefficient (Wildman–Crippen LogP) is 3.36. The van der Waals surface area contributed by atoms with Crippen LogP contribution in [-0.2, 0) is 4.79 Å². The summed E-state index contributed by atoms with van der Waals surface area (Å²) in [5, 5.41) is 23.5. The molecule has 0 aliphatic rings. The molecule has 2 aromatic carbocycles. The number of nitrogens with one attached hydrogen (secondary N) is 1. The standard InChI is InChI=1S/C20H22N2O3S/c1-4-26-18-11-15(7-10-17(18)25-13(2)3)19(20(23)24)22-16-8-5-14(12-21)6-9-16/h5-11,13,19,22H,4H2,1-3H3,(H,23,24)/p-1. The zero-order valence-electron chi connectivity index (χ0n) is 15.0. The summed E-state index contributed by atoms with van der Waals surface area (Å²) in [5.74, 6) is 0.363. The number of rotatable bonds is 8. The molecule has 1 N–H and O–H groups in total. The second-order valence-corrected chi connectivity index (χ2v) is 7.20. The Balaban J connectivity index is 2.32. The highest BCUT2D eigenvalue weighted by molar-refractivity contribution is 7.99. The normalized spacial score (nSPS) is 11.7. The predicted molar refractivity (Wildman–Crippen MR) is 101 cm³/mol. The van der Waals surface area contributed by atoms with Crippen molar-refractivity contribution in [3.63, 3.8) is 0 Å². The maximum absolute atomic E-state index is 11.7. The Kier molecular flexibility index (Phi) is 6.93. The van der Waals surface area contributed by atoms with Gasteiger partial charge >= 0.3 is 0 Å². The molecule has 0 aliphatic heterocycles. The van der Waals surface area contributed by atoms with Crippen LogP contribution in [0.4, 0.5) is 5.69 Å². The lowest BCUT2D eigenvalue weighted by molar-refractivity contribution is -0.307.